The maximum absolute atomic E-state index is 12.4. The van der Waals surface area contributed by atoms with Gasteiger partial charge < -0.3 is 0 Å². The number of aromatic nitrogens is 2. The van der Waals surface area contributed by atoms with Crippen molar-refractivity contribution >= 4 is 22.4 Å². The lowest BCUT2D eigenvalue weighted by atomic mass is 10.1. The fourth-order valence-electron chi connectivity index (χ4n) is 2.68. The summed E-state index contributed by atoms with van der Waals surface area (Å²) >= 11 is 5.90. The van der Waals surface area contributed by atoms with Crippen molar-refractivity contribution < 1.29 is 4.21 Å². The zero-order valence-corrected chi connectivity index (χ0v) is 13.5. The third-order valence-corrected chi connectivity index (χ3v) is 5.43. The number of benzene rings is 2. The maximum Gasteiger partial charge on any atom is 0.271 e. The van der Waals surface area contributed by atoms with E-state index in [1.54, 1.807) is 24.3 Å². The lowest BCUT2D eigenvalue weighted by Gasteiger charge is -2.19. The molecule has 0 spiro atoms. The van der Waals surface area contributed by atoms with Gasteiger partial charge in [-0.3, -0.25) is 9.00 Å². The van der Waals surface area contributed by atoms with Crippen molar-refractivity contribution in [3.05, 3.63) is 75.5 Å². The van der Waals surface area contributed by atoms with Crippen LogP contribution in [0.25, 0.3) is 16.9 Å². The quantitative estimate of drug-likeness (QED) is 0.682. The number of hydrogen-bond acceptors (Lipinski definition) is 3. The number of rotatable bonds is 1. The average Bonchev–Trinajstić information content (AvgIpc) is 2.56. The van der Waals surface area contributed by atoms with Crippen molar-refractivity contribution in [3.63, 3.8) is 0 Å². The van der Waals surface area contributed by atoms with Crippen LogP contribution < -0.4 is 5.56 Å². The fraction of sp³-hybridized carbons (Fsp3) is 0.0588. The van der Waals surface area contributed by atoms with E-state index in [1.165, 1.54) is 10.7 Å². The molecule has 2 heterocycles. The Morgan fingerprint density at radius 2 is 1.83 bits per heavy atom. The SMILES string of the molecule is O=c1cc2c(nn1-c1ccc(Cl)cc1)-c1ccccc1S(=O)C2. The molecule has 4 rings (SSSR count). The predicted octanol–water partition coefficient (Wildman–Crippen LogP) is 3.17. The molecule has 3 aromatic rings. The lowest BCUT2D eigenvalue weighted by Crippen LogP contribution is -2.24. The van der Waals surface area contributed by atoms with Gasteiger partial charge in [-0.15, -0.1) is 0 Å². The molecule has 1 aliphatic rings. The highest BCUT2D eigenvalue weighted by Crippen LogP contribution is 2.33. The molecule has 0 fully saturated rings. The molecular formula is C17H11ClN2O2S. The summed E-state index contributed by atoms with van der Waals surface area (Å²) in [6, 6.07) is 15.9. The molecule has 1 unspecified atom stereocenters. The number of hydrogen-bond donors (Lipinski definition) is 0. The standard InChI is InChI=1S/C17H11ClN2O2S/c18-12-5-7-13(8-6-12)20-16(21)9-11-10-23(22)15-4-2-1-3-14(15)17(11)19-20/h1-9H,10H2. The normalized spacial score (nSPS) is 15.8. The molecule has 0 N–H and O–H groups in total. The molecule has 0 saturated heterocycles. The Labute approximate surface area is 139 Å². The summed E-state index contributed by atoms with van der Waals surface area (Å²) in [7, 11) is -1.14. The van der Waals surface area contributed by atoms with E-state index >= 15 is 0 Å². The molecule has 1 atom stereocenters. The van der Waals surface area contributed by atoms with Crippen LogP contribution in [-0.2, 0) is 16.6 Å². The molecule has 1 aliphatic heterocycles. The van der Waals surface area contributed by atoms with E-state index in [-0.39, 0.29) is 5.56 Å². The van der Waals surface area contributed by atoms with Gasteiger partial charge in [0.2, 0.25) is 0 Å². The summed E-state index contributed by atoms with van der Waals surface area (Å²) in [5.41, 5.74) is 2.63. The van der Waals surface area contributed by atoms with Crippen LogP contribution in [0.4, 0.5) is 0 Å². The molecule has 2 aromatic carbocycles. The molecule has 0 aliphatic carbocycles. The Hall–Kier alpha value is -2.24. The van der Waals surface area contributed by atoms with Gasteiger partial charge in [0.25, 0.3) is 5.56 Å². The van der Waals surface area contributed by atoms with E-state index in [1.807, 2.05) is 24.3 Å². The minimum atomic E-state index is -1.14. The Kier molecular flexibility index (Phi) is 3.39. The summed E-state index contributed by atoms with van der Waals surface area (Å²) in [5, 5.41) is 5.11. The van der Waals surface area contributed by atoms with E-state index in [0.29, 0.717) is 22.2 Å². The predicted molar refractivity (Wildman–Crippen MR) is 90.4 cm³/mol. The van der Waals surface area contributed by atoms with Gasteiger partial charge in [0.05, 0.1) is 27.9 Å². The Morgan fingerprint density at radius 3 is 2.61 bits per heavy atom. The molecule has 114 valence electrons. The van der Waals surface area contributed by atoms with Gasteiger partial charge >= 0.3 is 0 Å². The van der Waals surface area contributed by atoms with Crippen LogP contribution in [0.2, 0.25) is 5.02 Å². The third kappa shape index (κ3) is 2.42. The minimum absolute atomic E-state index is 0.248. The van der Waals surface area contributed by atoms with Crippen LogP contribution in [-0.4, -0.2) is 14.0 Å². The Balaban J connectivity index is 1.96. The van der Waals surface area contributed by atoms with Crippen LogP contribution >= 0.6 is 11.6 Å². The number of fused-ring (bicyclic) bond motifs is 3. The van der Waals surface area contributed by atoms with Crippen molar-refractivity contribution in [2.75, 3.05) is 0 Å². The second-order valence-corrected chi connectivity index (χ2v) is 7.09. The van der Waals surface area contributed by atoms with Crippen molar-refractivity contribution in [2.24, 2.45) is 0 Å². The first kappa shape index (κ1) is 14.4. The zero-order valence-electron chi connectivity index (χ0n) is 11.9. The van der Waals surface area contributed by atoms with Gasteiger partial charge in [-0.2, -0.15) is 9.78 Å². The van der Waals surface area contributed by atoms with Crippen LogP contribution in [0.15, 0.2) is 64.3 Å². The minimum Gasteiger partial charge on any atom is -0.267 e. The topological polar surface area (TPSA) is 52.0 Å². The first-order valence-electron chi connectivity index (χ1n) is 7.00. The highest BCUT2D eigenvalue weighted by molar-refractivity contribution is 7.84. The van der Waals surface area contributed by atoms with E-state index in [0.717, 1.165) is 16.0 Å². The van der Waals surface area contributed by atoms with Crippen molar-refractivity contribution in [3.8, 4) is 16.9 Å². The second kappa shape index (κ2) is 5.44. The van der Waals surface area contributed by atoms with Crippen molar-refractivity contribution in [1.82, 2.24) is 9.78 Å². The highest BCUT2D eigenvalue weighted by Gasteiger charge is 2.24. The van der Waals surface area contributed by atoms with E-state index in [9.17, 15) is 9.00 Å². The zero-order chi connectivity index (χ0) is 16.0. The summed E-state index contributed by atoms with van der Waals surface area (Å²) in [5.74, 6) is 0.316. The first-order valence-corrected chi connectivity index (χ1v) is 8.70. The first-order chi connectivity index (χ1) is 11.1. The lowest BCUT2D eigenvalue weighted by molar-refractivity contribution is 0.681. The maximum atomic E-state index is 12.4. The van der Waals surface area contributed by atoms with E-state index in [4.69, 9.17) is 11.6 Å². The third-order valence-electron chi connectivity index (χ3n) is 3.76. The van der Waals surface area contributed by atoms with Crippen LogP contribution in [0.3, 0.4) is 0 Å². The molecule has 23 heavy (non-hydrogen) atoms. The molecule has 1 aromatic heterocycles. The molecule has 0 amide bonds. The summed E-state index contributed by atoms with van der Waals surface area (Å²) in [6.07, 6.45) is 0. The molecule has 0 bridgehead atoms. The van der Waals surface area contributed by atoms with Crippen LogP contribution in [0.1, 0.15) is 5.56 Å². The summed E-state index contributed by atoms with van der Waals surface area (Å²) in [4.78, 5) is 13.1. The fourth-order valence-corrected chi connectivity index (χ4v) is 4.10. The Morgan fingerprint density at radius 1 is 1.09 bits per heavy atom. The van der Waals surface area contributed by atoms with Crippen molar-refractivity contribution in [2.45, 2.75) is 10.6 Å². The largest absolute Gasteiger partial charge is 0.271 e. The molecule has 4 nitrogen and oxygen atoms in total. The molecule has 6 heteroatoms. The smallest absolute Gasteiger partial charge is 0.267 e. The van der Waals surface area contributed by atoms with E-state index in [2.05, 4.69) is 5.10 Å². The molecule has 0 saturated carbocycles. The monoisotopic (exact) mass is 342 g/mol. The number of halogens is 1. The van der Waals surface area contributed by atoms with Crippen LogP contribution in [0.5, 0.6) is 0 Å². The summed E-state index contributed by atoms with van der Waals surface area (Å²) in [6.45, 7) is 0. The van der Waals surface area contributed by atoms with Gasteiger partial charge in [-0.1, -0.05) is 29.8 Å². The van der Waals surface area contributed by atoms with Gasteiger partial charge in [0.15, 0.2) is 0 Å². The average molecular weight is 343 g/mol. The van der Waals surface area contributed by atoms with Gasteiger partial charge in [-0.05, 0) is 35.9 Å². The van der Waals surface area contributed by atoms with Gasteiger partial charge in [0, 0.05) is 21.5 Å². The van der Waals surface area contributed by atoms with Crippen LogP contribution in [0, 0.1) is 0 Å². The highest BCUT2D eigenvalue weighted by atomic mass is 35.5. The van der Waals surface area contributed by atoms with Gasteiger partial charge in [-0.25, -0.2) is 0 Å². The summed E-state index contributed by atoms with van der Waals surface area (Å²) < 4.78 is 13.7. The van der Waals surface area contributed by atoms with E-state index < -0.39 is 10.8 Å². The Bertz CT molecular complexity index is 996. The molecule has 0 radical (unpaired) electrons. The molecular weight excluding hydrogens is 332 g/mol. The van der Waals surface area contributed by atoms with Gasteiger partial charge in [0.1, 0.15) is 0 Å². The second-order valence-electron chi connectivity index (χ2n) is 5.23. The number of nitrogens with zero attached hydrogens (tertiary/aromatic N) is 2. The van der Waals surface area contributed by atoms with Crippen molar-refractivity contribution in [1.29, 1.82) is 0 Å².